The van der Waals surface area contributed by atoms with Crippen LogP contribution in [0.3, 0.4) is 0 Å². The highest BCUT2D eigenvalue weighted by Crippen LogP contribution is 2.20. The molecule has 0 aromatic heterocycles. The van der Waals surface area contributed by atoms with Crippen LogP contribution in [0.5, 0.6) is 0 Å². The summed E-state index contributed by atoms with van der Waals surface area (Å²) in [7, 11) is 0. The van der Waals surface area contributed by atoms with E-state index in [1.54, 1.807) is 18.2 Å². The van der Waals surface area contributed by atoms with Crippen molar-refractivity contribution in [2.45, 2.75) is 25.8 Å². The number of quaternary nitrogens is 1. The molecular weight excluding hydrogens is 252 g/mol. The summed E-state index contributed by atoms with van der Waals surface area (Å²) < 4.78 is 0. The topological polar surface area (TPSA) is 50.9 Å². The molecule has 1 fully saturated rings. The molecule has 1 saturated heterocycles. The number of Topliss-reactive ketones (excluding diaryl/α,β-unsaturated/α-hetero) is 2. The van der Waals surface area contributed by atoms with Crippen molar-refractivity contribution >= 4 is 17.3 Å². The number of benzene rings is 1. The van der Waals surface area contributed by atoms with Crippen molar-refractivity contribution in [3.63, 3.8) is 0 Å². The van der Waals surface area contributed by atoms with Gasteiger partial charge in [-0.3, -0.25) is 14.6 Å². The average molecular weight is 271 g/mol. The van der Waals surface area contributed by atoms with Crippen molar-refractivity contribution in [2.75, 3.05) is 19.6 Å². The molecule has 20 heavy (non-hydrogen) atoms. The fourth-order valence-corrected chi connectivity index (χ4v) is 2.71. The van der Waals surface area contributed by atoms with E-state index in [9.17, 15) is 9.59 Å². The molecule has 0 bridgehead atoms. The molecule has 1 aromatic carbocycles. The molecular formula is C16H19N2O2+. The third-order valence-corrected chi connectivity index (χ3v) is 3.95. The van der Waals surface area contributed by atoms with E-state index in [-0.39, 0.29) is 17.6 Å². The van der Waals surface area contributed by atoms with Crippen LogP contribution in [0.1, 0.15) is 40.5 Å². The molecule has 3 rings (SSSR count). The standard InChI is InChI=1S/C16H18N2O2/c1-2-3-8-17-13-14(18-9-10-18)16(20)12-7-5-4-6-11(12)15(13)19/h4-7,14H,2-3,8-10H2,1H3/p+1/t14-/m1/s1. The smallest absolute Gasteiger partial charge is 0.227 e. The van der Waals surface area contributed by atoms with Crippen molar-refractivity contribution in [3.8, 4) is 0 Å². The van der Waals surface area contributed by atoms with Gasteiger partial charge in [0.05, 0.1) is 0 Å². The Labute approximate surface area is 118 Å². The number of hydrogen-bond acceptors (Lipinski definition) is 3. The Bertz CT molecular complexity index is 588. The summed E-state index contributed by atoms with van der Waals surface area (Å²) in [6.07, 6.45) is 1.99. The first-order chi connectivity index (χ1) is 9.74. The van der Waals surface area contributed by atoms with Crippen LogP contribution >= 0.6 is 0 Å². The second kappa shape index (κ2) is 5.29. The first-order valence-corrected chi connectivity index (χ1v) is 7.31. The predicted octanol–water partition coefficient (Wildman–Crippen LogP) is 0.574. The van der Waals surface area contributed by atoms with E-state index in [0.717, 1.165) is 25.9 Å². The van der Waals surface area contributed by atoms with Crippen molar-refractivity contribution in [2.24, 2.45) is 4.99 Å². The van der Waals surface area contributed by atoms with Crippen LogP contribution in [0.4, 0.5) is 0 Å². The Morgan fingerprint density at radius 1 is 1.20 bits per heavy atom. The van der Waals surface area contributed by atoms with Crippen LogP contribution in [0, 0.1) is 0 Å². The van der Waals surface area contributed by atoms with Crippen LogP contribution in [-0.4, -0.2) is 43.0 Å². The number of fused-ring (bicyclic) bond motifs is 1. The summed E-state index contributed by atoms with van der Waals surface area (Å²) in [4.78, 5) is 30.9. The van der Waals surface area contributed by atoms with Gasteiger partial charge in [0.25, 0.3) is 0 Å². The van der Waals surface area contributed by atoms with E-state index >= 15 is 0 Å². The summed E-state index contributed by atoms with van der Waals surface area (Å²) in [6, 6.07) is 6.75. The van der Waals surface area contributed by atoms with Crippen LogP contribution < -0.4 is 4.90 Å². The van der Waals surface area contributed by atoms with Crippen LogP contribution in [0.2, 0.25) is 0 Å². The van der Waals surface area contributed by atoms with Gasteiger partial charge >= 0.3 is 0 Å². The number of ketones is 2. The third-order valence-electron chi connectivity index (χ3n) is 3.95. The highest BCUT2D eigenvalue weighted by Gasteiger charge is 2.48. The summed E-state index contributed by atoms with van der Waals surface area (Å²) in [5.74, 6) is 0.00338. The van der Waals surface area contributed by atoms with Crippen LogP contribution in [0.25, 0.3) is 0 Å². The minimum atomic E-state index is -0.366. The SMILES string of the molecule is CCCCN=C1C(=O)c2ccccc2C(=O)[C@@H]1[NH+]1CC1. The number of unbranched alkanes of at least 4 members (excludes halogenated alkanes) is 1. The molecule has 1 aromatic rings. The molecule has 1 aliphatic carbocycles. The van der Waals surface area contributed by atoms with Gasteiger partial charge in [-0.2, -0.15) is 0 Å². The lowest BCUT2D eigenvalue weighted by Gasteiger charge is -2.22. The number of nitrogens with zero attached hydrogens (tertiary/aromatic N) is 1. The van der Waals surface area contributed by atoms with Gasteiger partial charge in [-0.15, -0.1) is 0 Å². The lowest BCUT2D eigenvalue weighted by molar-refractivity contribution is -0.764. The molecule has 4 heteroatoms. The lowest BCUT2D eigenvalue weighted by Crippen LogP contribution is -3.01. The third kappa shape index (κ3) is 2.20. The Balaban J connectivity index is 2.02. The van der Waals surface area contributed by atoms with E-state index in [1.165, 1.54) is 4.90 Å². The second-order valence-electron chi connectivity index (χ2n) is 5.45. The summed E-state index contributed by atoms with van der Waals surface area (Å²) >= 11 is 0. The van der Waals surface area contributed by atoms with Crippen LogP contribution in [-0.2, 0) is 0 Å². The number of rotatable bonds is 4. The fraction of sp³-hybridized carbons (Fsp3) is 0.438. The Morgan fingerprint density at radius 2 is 1.90 bits per heavy atom. The molecule has 0 spiro atoms. The van der Waals surface area contributed by atoms with Gasteiger partial charge in [0.2, 0.25) is 11.6 Å². The van der Waals surface area contributed by atoms with E-state index in [2.05, 4.69) is 11.9 Å². The molecule has 2 aliphatic rings. The van der Waals surface area contributed by atoms with Crippen molar-refractivity contribution in [1.29, 1.82) is 0 Å². The zero-order chi connectivity index (χ0) is 14.1. The second-order valence-corrected chi connectivity index (χ2v) is 5.45. The highest BCUT2D eigenvalue weighted by atomic mass is 16.1. The summed E-state index contributed by atoms with van der Waals surface area (Å²) in [6.45, 7) is 4.64. The van der Waals surface area contributed by atoms with Gasteiger partial charge in [0.1, 0.15) is 18.8 Å². The number of hydrogen-bond donors (Lipinski definition) is 1. The van der Waals surface area contributed by atoms with Gasteiger partial charge in [0, 0.05) is 17.7 Å². The zero-order valence-corrected chi connectivity index (χ0v) is 11.7. The summed E-state index contributed by atoms with van der Waals surface area (Å²) in [5.41, 5.74) is 1.57. The molecule has 0 amide bonds. The highest BCUT2D eigenvalue weighted by molar-refractivity contribution is 6.54. The van der Waals surface area contributed by atoms with Gasteiger partial charge in [-0.1, -0.05) is 37.6 Å². The molecule has 4 nitrogen and oxygen atoms in total. The zero-order valence-electron chi connectivity index (χ0n) is 11.7. The van der Waals surface area contributed by atoms with Crippen molar-refractivity contribution in [3.05, 3.63) is 35.4 Å². The normalized spacial score (nSPS) is 24.1. The number of carbonyl (C=O) groups excluding carboxylic acids is 2. The molecule has 1 aliphatic heterocycles. The van der Waals surface area contributed by atoms with E-state index < -0.39 is 0 Å². The molecule has 1 N–H and O–H groups in total. The maximum Gasteiger partial charge on any atom is 0.227 e. The fourth-order valence-electron chi connectivity index (χ4n) is 2.71. The minimum absolute atomic E-state index is 0.0549. The molecule has 1 heterocycles. The number of carbonyl (C=O) groups is 2. The Hall–Kier alpha value is -1.81. The molecule has 0 radical (unpaired) electrons. The quantitative estimate of drug-likeness (QED) is 0.643. The lowest BCUT2D eigenvalue weighted by atomic mass is 9.84. The largest absolute Gasteiger partial charge is 0.311 e. The van der Waals surface area contributed by atoms with Gasteiger partial charge in [-0.25, -0.2) is 0 Å². The molecule has 104 valence electrons. The minimum Gasteiger partial charge on any atom is -0.311 e. The molecule has 0 unspecified atom stereocenters. The van der Waals surface area contributed by atoms with E-state index in [4.69, 9.17) is 0 Å². The van der Waals surface area contributed by atoms with Crippen molar-refractivity contribution < 1.29 is 14.5 Å². The first-order valence-electron chi connectivity index (χ1n) is 7.31. The monoisotopic (exact) mass is 271 g/mol. The van der Waals surface area contributed by atoms with Gasteiger partial charge < -0.3 is 4.90 Å². The van der Waals surface area contributed by atoms with Gasteiger partial charge in [0.15, 0.2) is 6.04 Å². The maximum atomic E-state index is 12.6. The predicted molar refractivity (Wildman–Crippen MR) is 76.8 cm³/mol. The Morgan fingerprint density at radius 3 is 2.55 bits per heavy atom. The van der Waals surface area contributed by atoms with Crippen LogP contribution in [0.15, 0.2) is 29.3 Å². The molecule has 0 saturated carbocycles. The first kappa shape index (κ1) is 13.2. The average Bonchev–Trinajstić information content (AvgIpc) is 3.29. The Kier molecular flexibility index (Phi) is 3.49. The maximum absolute atomic E-state index is 12.6. The summed E-state index contributed by atoms with van der Waals surface area (Å²) in [5, 5.41) is 0. The van der Waals surface area contributed by atoms with Crippen molar-refractivity contribution in [1.82, 2.24) is 0 Å². The number of aliphatic imine (C=N–C) groups is 1. The van der Waals surface area contributed by atoms with E-state index in [0.29, 0.717) is 23.4 Å². The van der Waals surface area contributed by atoms with Gasteiger partial charge in [-0.05, 0) is 6.42 Å². The molecule has 1 atom stereocenters. The number of nitrogens with one attached hydrogen (secondary N) is 1. The van der Waals surface area contributed by atoms with E-state index in [1.807, 2.05) is 6.07 Å².